The second kappa shape index (κ2) is 5.32. The molecule has 2 aromatic carbocycles. The average molecular weight is 295 g/mol. The van der Waals surface area contributed by atoms with E-state index in [0.29, 0.717) is 27.8 Å². The summed E-state index contributed by atoms with van der Waals surface area (Å²) in [6.07, 6.45) is 0.715. The van der Waals surface area contributed by atoms with Gasteiger partial charge in [0.1, 0.15) is 0 Å². The maximum atomic E-state index is 6.06. The number of nitrogens with two attached hydrogens (primary N) is 2. The molecule has 0 fully saturated rings. The first-order chi connectivity index (χ1) is 8.88. The van der Waals surface area contributed by atoms with E-state index in [1.54, 1.807) is 12.1 Å². The summed E-state index contributed by atoms with van der Waals surface area (Å²) >= 11 is 12.1. The third kappa shape index (κ3) is 2.96. The Labute approximate surface area is 123 Å². The van der Waals surface area contributed by atoms with E-state index >= 15 is 0 Å². The predicted molar refractivity (Wildman–Crippen MR) is 84.0 cm³/mol. The van der Waals surface area contributed by atoms with Gasteiger partial charge < -0.3 is 11.5 Å². The van der Waals surface area contributed by atoms with Crippen molar-refractivity contribution in [1.82, 2.24) is 0 Å². The summed E-state index contributed by atoms with van der Waals surface area (Å²) in [7, 11) is 0. The van der Waals surface area contributed by atoms with Crippen LogP contribution >= 0.6 is 23.2 Å². The number of anilines is 2. The quantitative estimate of drug-likeness (QED) is 0.808. The Morgan fingerprint density at radius 3 is 1.53 bits per heavy atom. The van der Waals surface area contributed by atoms with Crippen LogP contribution in [0.15, 0.2) is 24.3 Å². The van der Waals surface area contributed by atoms with E-state index in [1.807, 2.05) is 26.0 Å². The molecule has 2 nitrogen and oxygen atoms in total. The molecule has 0 atom stereocenters. The van der Waals surface area contributed by atoms with Gasteiger partial charge in [-0.1, -0.05) is 23.2 Å². The monoisotopic (exact) mass is 294 g/mol. The smallest absolute Gasteiger partial charge is 0.0429 e. The van der Waals surface area contributed by atoms with Gasteiger partial charge in [-0.2, -0.15) is 0 Å². The van der Waals surface area contributed by atoms with Crippen LogP contribution in [-0.4, -0.2) is 0 Å². The highest BCUT2D eigenvalue weighted by Crippen LogP contribution is 2.28. The van der Waals surface area contributed by atoms with Crippen molar-refractivity contribution >= 4 is 34.6 Å². The topological polar surface area (TPSA) is 52.0 Å². The van der Waals surface area contributed by atoms with E-state index in [1.165, 1.54) is 0 Å². The van der Waals surface area contributed by atoms with Crippen molar-refractivity contribution in [2.75, 3.05) is 11.5 Å². The number of halogens is 2. The summed E-state index contributed by atoms with van der Waals surface area (Å²) in [5.41, 5.74) is 17.6. The second-order valence-electron chi connectivity index (χ2n) is 4.74. The van der Waals surface area contributed by atoms with Crippen molar-refractivity contribution in [1.29, 1.82) is 0 Å². The molecule has 0 amide bonds. The Hall–Kier alpha value is -1.38. The highest BCUT2D eigenvalue weighted by atomic mass is 35.5. The first kappa shape index (κ1) is 14.0. The average Bonchev–Trinajstić information content (AvgIpc) is 2.31. The number of rotatable bonds is 2. The molecule has 0 bridgehead atoms. The van der Waals surface area contributed by atoms with Crippen LogP contribution < -0.4 is 11.5 Å². The first-order valence-electron chi connectivity index (χ1n) is 5.97. The molecule has 100 valence electrons. The lowest BCUT2D eigenvalue weighted by atomic mass is 9.96. The summed E-state index contributed by atoms with van der Waals surface area (Å²) in [6, 6.07) is 7.40. The molecule has 0 aliphatic heterocycles. The van der Waals surface area contributed by atoms with Crippen LogP contribution in [0.25, 0.3) is 0 Å². The van der Waals surface area contributed by atoms with E-state index in [9.17, 15) is 0 Å². The molecular weight excluding hydrogens is 279 g/mol. The zero-order valence-electron chi connectivity index (χ0n) is 10.9. The van der Waals surface area contributed by atoms with E-state index in [0.717, 1.165) is 22.3 Å². The lowest BCUT2D eigenvalue weighted by Gasteiger charge is -2.13. The van der Waals surface area contributed by atoms with E-state index in [-0.39, 0.29) is 0 Å². The highest BCUT2D eigenvalue weighted by molar-refractivity contribution is 6.31. The Kier molecular flexibility index (Phi) is 3.93. The van der Waals surface area contributed by atoms with Crippen molar-refractivity contribution in [3.8, 4) is 0 Å². The third-order valence-corrected chi connectivity index (χ3v) is 3.86. The molecule has 0 aliphatic carbocycles. The van der Waals surface area contributed by atoms with Gasteiger partial charge in [-0.25, -0.2) is 0 Å². The molecule has 0 aromatic heterocycles. The Bertz CT molecular complexity index is 581. The van der Waals surface area contributed by atoms with Gasteiger partial charge in [-0.05, 0) is 66.8 Å². The third-order valence-electron chi connectivity index (χ3n) is 3.42. The predicted octanol–water partition coefficient (Wildman–Crippen LogP) is 4.37. The number of hydrogen-bond acceptors (Lipinski definition) is 2. The molecule has 19 heavy (non-hydrogen) atoms. The molecule has 0 unspecified atom stereocenters. The van der Waals surface area contributed by atoms with Crippen LogP contribution in [-0.2, 0) is 6.42 Å². The van der Waals surface area contributed by atoms with Gasteiger partial charge in [0.05, 0.1) is 0 Å². The molecule has 0 heterocycles. The first-order valence-corrected chi connectivity index (χ1v) is 6.73. The normalized spacial score (nSPS) is 10.7. The summed E-state index contributed by atoms with van der Waals surface area (Å²) in [4.78, 5) is 0. The van der Waals surface area contributed by atoms with Crippen LogP contribution in [0.2, 0.25) is 10.0 Å². The van der Waals surface area contributed by atoms with Crippen molar-refractivity contribution in [3.63, 3.8) is 0 Å². The van der Waals surface area contributed by atoms with Gasteiger partial charge in [-0.15, -0.1) is 0 Å². The summed E-state index contributed by atoms with van der Waals surface area (Å²) in [5, 5.41) is 1.29. The van der Waals surface area contributed by atoms with Gasteiger partial charge in [-0.3, -0.25) is 0 Å². The maximum absolute atomic E-state index is 6.06. The zero-order chi connectivity index (χ0) is 14.2. The molecule has 0 spiro atoms. The Balaban J connectivity index is 2.47. The van der Waals surface area contributed by atoms with Gasteiger partial charge in [0.15, 0.2) is 0 Å². The summed E-state index contributed by atoms with van der Waals surface area (Å²) < 4.78 is 0. The number of benzene rings is 2. The van der Waals surface area contributed by atoms with E-state index < -0.39 is 0 Å². The molecule has 4 N–H and O–H groups in total. The number of hydrogen-bond donors (Lipinski definition) is 2. The van der Waals surface area contributed by atoms with Crippen LogP contribution in [0.4, 0.5) is 11.4 Å². The number of nitrogen functional groups attached to an aromatic ring is 2. The van der Waals surface area contributed by atoms with Crippen LogP contribution in [0.1, 0.15) is 22.3 Å². The zero-order valence-corrected chi connectivity index (χ0v) is 12.4. The molecule has 0 radical (unpaired) electrons. The summed E-state index contributed by atoms with van der Waals surface area (Å²) in [6.45, 7) is 3.98. The second-order valence-corrected chi connectivity index (χ2v) is 5.61. The van der Waals surface area contributed by atoms with Crippen molar-refractivity contribution in [2.45, 2.75) is 20.3 Å². The van der Waals surface area contributed by atoms with Crippen molar-refractivity contribution < 1.29 is 0 Å². The SMILES string of the molecule is Cc1c(N)cc(Cl)cc1Cc1cc(Cl)cc(N)c1C. The molecule has 2 aromatic rings. The molecule has 0 saturated carbocycles. The lowest BCUT2D eigenvalue weighted by Crippen LogP contribution is -2.01. The Morgan fingerprint density at radius 2 is 1.16 bits per heavy atom. The molecule has 0 aliphatic rings. The van der Waals surface area contributed by atoms with Crippen molar-refractivity contribution in [2.24, 2.45) is 0 Å². The largest absolute Gasteiger partial charge is 0.398 e. The van der Waals surface area contributed by atoms with Gasteiger partial charge >= 0.3 is 0 Å². The van der Waals surface area contributed by atoms with Gasteiger partial charge in [0.25, 0.3) is 0 Å². The molecule has 2 rings (SSSR count). The van der Waals surface area contributed by atoms with Crippen LogP contribution in [0.5, 0.6) is 0 Å². The van der Waals surface area contributed by atoms with Crippen LogP contribution in [0, 0.1) is 13.8 Å². The molecular formula is C15H16Cl2N2. The minimum Gasteiger partial charge on any atom is -0.398 e. The van der Waals surface area contributed by atoms with Gasteiger partial charge in [0.2, 0.25) is 0 Å². The standard InChI is InChI=1S/C15H16Cl2N2/c1-8-10(4-12(16)6-14(8)18)3-11-5-13(17)7-15(19)9(11)2/h4-7H,3,18-19H2,1-2H3. The fourth-order valence-electron chi connectivity index (χ4n) is 2.09. The van der Waals surface area contributed by atoms with E-state index in [2.05, 4.69) is 0 Å². The fraction of sp³-hybridized carbons (Fsp3) is 0.200. The minimum atomic E-state index is 0.644. The minimum absolute atomic E-state index is 0.644. The maximum Gasteiger partial charge on any atom is 0.0429 e. The Morgan fingerprint density at radius 1 is 0.789 bits per heavy atom. The molecule has 4 heteroatoms. The van der Waals surface area contributed by atoms with E-state index in [4.69, 9.17) is 34.7 Å². The van der Waals surface area contributed by atoms with Crippen LogP contribution in [0.3, 0.4) is 0 Å². The van der Waals surface area contributed by atoms with Crippen molar-refractivity contribution in [3.05, 3.63) is 56.6 Å². The lowest BCUT2D eigenvalue weighted by molar-refractivity contribution is 1.13. The fourth-order valence-corrected chi connectivity index (χ4v) is 2.59. The molecule has 0 saturated heterocycles. The highest BCUT2D eigenvalue weighted by Gasteiger charge is 2.09. The summed E-state index contributed by atoms with van der Waals surface area (Å²) in [5.74, 6) is 0. The van der Waals surface area contributed by atoms with Gasteiger partial charge in [0, 0.05) is 21.4 Å².